The Morgan fingerprint density at radius 1 is 1.50 bits per heavy atom. The number of hydrogen-bond acceptors (Lipinski definition) is 5. The van der Waals surface area contributed by atoms with E-state index in [0.717, 1.165) is 40.7 Å². The van der Waals surface area contributed by atoms with Crippen molar-refractivity contribution in [1.29, 1.82) is 0 Å². The fraction of sp³-hybridized carbons (Fsp3) is 0.375. The molecule has 1 aromatic carbocycles. The van der Waals surface area contributed by atoms with Crippen molar-refractivity contribution in [2.45, 2.75) is 6.92 Å². The Labute approximate surface area is 137 Å². The van der Waals surface area contributed by atoms with Gasteiger partial charge in [0.1, 0.15) is 5.56 Å². The number of pyridine rings is 1. The Bertz CT molecular complexity index is 701. The molecule has 3 rings (SSSR count). The van der Waals surface area contributed by atoms with Gasteiger partial charge in [0.05, 0.1) is 17.8 Å². The molecular weight excluding hydrogens is 346 g/mol. The van der Waals surface area contributed by atoms with Crippen molar-refractivity contribution in [3.63, 3.8) is 0 Å². The second kappa shape index (κ2) is 6.62. The van der Waals surface area contributed by atoms with Gasteiger partial charge in [-0.05, 0) is 25.1 Å². The van der Waals surface area contributed by atoms with Gasteiger partial charge in [0, 0.05) is 41.6 Å². The summed E-state index contributed by atoms with van der Waals surface area (Å²) in [4.78, 5) is 16.6. The van der Waals surface area contributed by atoms with E-state index in [1.54, 1.807) is 13.1 Å². The average molecular weight is 364 g/mol. The van der Waals surface area contributed by atoms with Gasteiger partial charge >= 0.3 is 5.97 Å². The normalized spacial score (nSPS) is 14.6. The molecule has 0 radical (unpaired) electrons. The zero-order valence-corrected chi connectivity index (χ0v) is 13.9. The Morgan fingerprint density at radius 2 is 2.32 bits per heavy atom. The van der Waals surface area contributed by atoms with Crippen LogP contribution in [0.2, 0.25) is 0 Å². The summed E-state index contributed by atoms with van der Waals surface area (Å²) in [5, 5.41) is 7.60. The molecule has 6 heteroatoms. The highest BCUT2D eigenvalue weighted by Gasteiger charge is 2.20. The van der Waals surface area contributed by atoms with Gasteiger partial charge in [0.2, 0.25) is 0 Å². The predicted molar refractivity (Wildman–Crippen MR) is 90.2 cm³/mol. The van der Waals surface area contributed by atoms with Gasteiger partial charge in [-0.15, -0.1) is 0 Å². The number of hydrogen-bond donors (Lipinski definition) is 2. The molecule has 0 atom stereocenters. The maximum atomic E-state index is 12.2. The van der Waals surface area contributed by atoms with E-state index >= 15 is 0 Å². The number of carbonyl (C=O) groups is 1. The molecule has 0 bridgehead atoms. The van der Waals surface area contributed by atoms with Crippen LogP contribution in [0.4, 0.5) is 5.69 Å². The topological polar surface area (TPSA) is 63.2 Å². The molecular formula is C16H18BrN3O2. The molecule has 1 aliphatic heterocycles. The first kappa shape index (κ1) is 15.2. The summed E-state index contributed by atoms with van der Waals surface area (Å²) in [6.07, 6.45) is 1.59. The summed E-state index contributed by atoms with van der Waals surface area (Å²) < 4.78 is 6.11. The third kappa shape index (κ3) is 3.08. The maximum absolute atomic E-state index is 12.2. The van der Waals surface area contributed by atoms with Crippen LogP contribution in [0.5, 0.6) is 0 Å². The highest BCUT2D eigenvalue weighted by Crippen LogP contribution is 2.29. The van der Waals surface area contributed by atoms with E-state index < -0.39 is 0 Å². The van der Waals surface area contributed by atoms with E-state index in [1.165, 1.54) is 0 Å². The fourth-order valence-electron chi connectivity index (χ4n) is 2.46. The number of halogens is 1. The molecule has 2 aromatic rings. The number of nitrogens with zero attached hydrogens (tertiary/aromatic N) is 1. The molecule has 2 N–H and O–H groups in total. The van der Waals surface area contributed by atoms with Gasteiger partial charge in [-0.25, -0.2) is 4.79 Å². The van der Waals surface area contributed by atoms with Crippen molar-refractivity contribution < 1.29 is 9.53 Å². The summed E-state index contributed by atoms with van der Waals surface area (Å²) in [6, 6.07) is 5.86. The Kier molecular flexibility index (Phi) is 4.59. The lowest BCUT2D eigenvalue weighted by Gasteiger charge is -2.28. The molecule has 1 aliphatic rings. The molecule has 1 fully saturated rings. The van der Waals surface area contributed by atoms with Gasteiger partial charge < -0.3 is 15.4 Å². The maximum Gasteiger partial charge on any atom is 0.341 e. The third-order valence-electron chi connectivity index (χ3n) is 3.76. The number of esters is 1. The Hall–Kier alpha value is -1.66. The molecule has 0 unspecified atom stereocenters. The van der Waals surface area contributed by atoms with Crippen molar-refractivity contribution in [2.24, 2.45) is 5.92 Å². The van der Waals surface area contributed by atoms with Gasteiger partial charge in [0.15, 0.2) is 0 Å². The van der Waals surface area contributed by atoms with E-state index in [4.69, 9.17) is 4.74 Å². The minimum absolute atomic E-state index is 0.342. The van der Waals surface area contributed by atoms with Crippen molar-refractivity contribution in [3.05, 3.63) is 34.4 Å². The van der Waals surface area contributed by atoms with Crippen molar-refractivity contribution in [1.82, 2.24) is 10.3 Å². The van der Waals surface area contributed by atoms with E-state index in [0.29, 0.717) is 18.1 Å². The summed E-state index contributed by atoms with van der Waals surface area (Å²) >= 11 is 3.48. The number of rotatable bonds is 5. The van der Waals surface area contributed by atoms with Gasteiger partial charge in [0.25, 0.3) is 0 Å². The molecule has 0 aliphatic carbocycles. The highest BCUT2D eigenvalue weighted by molar-refractivity contribution is 9.10. The number of benzene rings is 1. The molecule has 2 heterocycles. The average Bonchev–Trinajstić information content (AvgIpc) is 2.46. The first-order chi connectivity index (χ1) is 10.7. The molecule has 0 spiro atoms. The van der Waals surface area contributed by atoms with Crippen molar-refractivity contribution in [2.75, 3.05) is 31.6 Å². The zero-order chi connectivity index (χ0) is 15.5. The molecule has 5 nitrogen and oxygen atoms in total. The van der Waals surface area contributed by atoms with E-state index in [2.05, 4.69) is 31.5 Å². The standard InChI is InChI=1S/C16H18BrN3O2/c1-2-22-16(21)13-9-19-14-4-3-11(17)5-12(14)15(13)20-8-10-6-18-7-10/h3-5,9-10,18H,2,6-8H2,1H3,(H,19,20). The van der Waals surface area contributed by atoms with E-state index in [1.807, 2.05) is 18.2 Å². The van der Waals surface area contributed by atoms with Gasteiger partial charge in [-0.3, -0.25) is 4.98 Å². The molecule has 0 amide bonds. The van der Waals surface area contributed by atoms with E-state index in [9.17, 15) is 4.79 Å². The third-order valence-corrected chi connectivity index (χ3v) is 4.25. The SMILES string of the molecule is CCOC(=O)c1cnc2ccc(Br)cc2c1NCC1CNC1. The van der Waals surface area contributed by atoms with Crippen LogP contribution >= 0.6 is 15.9 Å². The molecule has 22 heavy (non-hydrogen) atoms. The summed E-state index contributed by atoms with van der Waals surface area (Å²) in [7, 11) is 0. The number of fused-ring (bicyclic) bond motifs is 1. The van der Waals surface area contributed by atoms with Gasteiger partial charge in [-0.2, -0.15) is 0 Å². The quantitative estimate of drug-likeness (QED) is 0.799. The second-order valence-electron chi connectivity index (χ2n) is 5.33. The number of aromatic nitrogens is 1. The van der Waals surface area contributed by atoms with Crippen LogP contribution in [0.1, 0.15) is 17.3 Å². The van der Waals surface area contributed by atoms with Crippen molar-refractivity contribution >= 4 is 38.5 Å². The minimum atomic E-state index is -0.342. The molecule has 0 saturated carbocycles. The van der Waals surface area contributed by atoms with Crippen LogP contribution in [-0.2, 0) is 4.74 Å². The summed E-state index contributed by atoms with van der Waals surface area (Å²) in [5.74, 6) is 0.247. The first-order valence-electron chi connectivity index (χ1n) is 7.39. The largest absolute Gasteiger partial charge is 0.462 e. The lowest BCUT2D eigenvalue weighted by Crippen LogP contribution is -2.45. The second-order valence-corrected chi connectivity index (χ2v) is 6.25. The van der Waals surface area contributed by atoms with E-state index in [-0.39, 0.29) is 5.97 Å². The minimum Gasteiger partial charge on any atom is -0.462 e. The summed E-state index contributed by atoms with van der Waals surface area (Å²) in [5.41, 5.74) is 2.14. The monoisotopic (exact) mass is 363 g/mol. The van der Waals surface area contributed by atoms with Gasteiger partial charge in [-0.1, -0.05) is 15.9 Å². The van der Waals surface area contributed by atoms with Crippen molar-refractivity contribution in [3.8, 4) is 0 Å². The fourth-order valence-corrected chi connectivity index (χ4v) is 2.82. The predicted octanol–water partition coefficient (Wildman–Crippen LogP) is 2.81. The molecule has 1 aromatic heterocycles. The number of ether oxygens (including phenoxy) is 1. The van der Waals surface area contributed by atoms with Crippen LogP contribution in [0.25, 0.3) is 10.9 Å². The lowest BCUT2D eigenvalue weighted by atomic mass is 10.0. The Balaban J connectivity index is 2.01. The Morgan fingerprint density at radius 3 is 3.00 bits per heavy atom. The number of carbonyl (C=O) groups excluding carboxylic acids is 1. The molecule has 116 valence electrons. The van der Waals surface area contributed by atoms with Crippen LogP contribution in [-0.4, -0.2) is 37.2 Å². The summed E-state index contributed by atoms with van der Waals surface area (Å²) in [6.45, 7) is 4.99. The number of nitrogens with one attached hydrogen (secondary N) is 2. The lowest BCUT2D eigenvalue weighted by molar-refractivity contribution is 0.0527. The van der Waals surface area contributed by atoms with Crippen LogP contribution < -0.4 is 10.6 Å². The number of anilines is 1. The van der Waals surface area contributed by atoms with Crippen LogP contribution in [0, 0.1) is 5.92 Å². The first-order valence-corrected chi connectivity index (χ1v) is 8.18. The zero-order valence-electron chi connectivity index (χ0n) is 12.4. The molecule has 1 saturated heterocycles. The highest BCUT2D eigenvalue weighted by atomic mass is 79.9. The smallest absolute Gasteiger partial charge is 0.341 e. The van der Waals surface area contributed by atoms with Crippen LogP contribution in [0.3, 0.4) is 0 Å². The van der Waals surface area contributed by atoms with Crippen LogP contribution in [0.15, 0.2) is 28.9 Å².